The zero-order valence-electron chi connectivity index (χ0n) is 12.5. The Morgan fingerprint density at radius 2 is 2.00 bits per heavy atom. The van der Waals surface area contributed by atoms with Crippen molar-refractivity contribution in [3.63, 3.8) is 0 Å². The Balaban J connectivity index is 2.02. The molecule has 3 rings (SSSR count). The van der Waals surface area contributed by atoms with Gasteiger partial charge in [-0.15, -0.1) is 0 Å². The third kappa shape index (κ3) is 3.16. The lowest BCUT2D eigenvalue weighted by molar-refractivity contribution is 0.100. The van der Waals surface area contributed by atoms with Crippen LogP contribution in [0.1, 0.15) is 15.9 Å². The number of amides is 1. The lowest BCUT2D eigenvalue weighted by Gasteiger charge is -2.13. The smallest absolute Gasteiger partial charge is 0.248 e. The van der Waals surface area contributed by atoms with Crippen LogP contribution in [-0.4, -0.2) is 20.9 Å². The maximum atomic E-state index is 11.4. The Labute approximate surface area is 133 Å². The molecule has 1 amide bonds. The van der Waals surface area contributed by atoms with Crippen molar-refractivity contribution in [3.05, 3.63) is 66.2 Å². The zero-order chi connectivity index (χ0) is 16.2. The molecule has 2 heterocycles. The molecule has 0 aliphatic heterocycles. The van der Waals surface area contributed by atoms with E-state index < -0.39 is 5.91 Å². The van der Waals surface area contributed by atoms with Crippen molar-refractivity contribution >= 4 is 17.4 Å². The van der Waals surface area contributed by atoms with E-state index in [0.29, 0.717) is 11.4 Å². The minimum atomic E-state index is -0.468. The van der Waals surface area contributed by atoms with Crippen molar-refractivity contribution in [2.75, 3.05) is 5.32 Å². The number of aryl methyl sites for hydroxylation is 1. The number of nitrogens with two attached hydrogens (primary N) is 1. The normalized spacial score (nSPS) is 10.3. The van der Waals surface area contributed by atoms with Gasteiger partial charge in [-0.3, -0.25) is 4.79 Å². The molecule has 114 valence electrons. The summed E-state index contributed by atoms with van der Waals surface area (Å²) in [5.74, 6) is 0.181. The van der Waals surface area contributed by atoms with Crippen molar-refractivity contribution in [1.29, 1.82) is 0 Å². The van der Waals surface area contributed by atoms with E-state index >= 15 is 0 Å². The number of primary amides is 1. The highest BCUT2D eigenvalue weighted by atomic mass is 16.1. The van der Waals surface area contributed by atoms with Gasteiger partial charge in [0.25, 0.3) is 0 Å². The predicted octanol–water partition coefficient (Wildman–Crippen LogP) is 2.69. The van der Waals surface area contributed by atoms with Crippen LogP contribution in [-0.2, 0) is 0 Å². The van der Waals surface area contributed by atoms with Crippen molar-refractivity contribution in [1.82, 2.24) is 15.0 Å². The molecule has 0 radical (unpaired) electrons. The Kier molecular flexibility index (Phi) is 3.97. The third-order valence-electron chi connectivity index (χ3n) is 3.44. The zero-order valence-corrected chi connectivity index (χ0v) is 12.5. The first-order valence-electron chi connectivity index (χ1n) is 7.04. The fourth-order valence-electron chi connectivity index (χ4n) is 2.20. The van der Waals surface area contributed by atoms with E-state index in [-0.39, 0.29) is 0 Å². The molecule has 23 heavy (non-hydrogen) atoms. The molecule has 0 saturated carbocycles. The molecule has 0 atom stereocenters. The van der Waals surface area contributed by atoms with E-state index in [9.17, 15) is 4.79 Å². The molecule has 6 heteroatoms. The molecule has 6 nitrogen and oxygen atoms in total. The van der Waals surface area contributed by atoms with E-state index in [1.807, 2.05) is 31.2 Å². The highest BCUT2D eigenvalue weighted by Crippen LogP contribution is 2.28. The molecule has 0 bridgehead atoms. The summed E-state index contributed by atoms with van der Waals surface area (Å²) in [6.45, 7) is 1.94. The maximum Gasteiger partial charge on any atom is 0.248 e. The van der Waals surface area contributed by atoms with Crippen LogP contribution in [0.3, 0.4) is 0 Å². The van der Waals surface area contributed by atoms with E-state index in [0.717, 1.165) is 22.5 Å². The molecule has 3 N–H and O–H groups in total. The number of nitrogens with one attached hydrogen (secondary N) is 1. The van der Waals surface area contributed by atoms with Gasteiger partial charge >= 0.3 is 0 Å². The predicted molar refractivity (Wildman–Crippen MR) is 88.2 cm³/mol. The number of aromatic nitrogens is 3. The van der Waals surface area contributed by atoms with Gasteiger partial charge in [-0.05, 0) is 42.8 Å². The Hall–Kier alpha value is -3.28. The fourth-order valence-corrected chi connectivity index (χ4v) is 2.20. The van der Waals surface area contributed by atoms with Crippen LogP contribution in [0.2, 0.25) is 0 Å². The molecule has 0 unspecified atom stereocenters. The van der Waals surface area contributed by atoms with Crippen LogP contribution in [0.15, 0.2) is 55.1 Å². The molecule has 0 aliphatic rings. The van der Waals surface area contributed by atoms with Gasteiger partial charge in [-0.1, -0.05) is 6.07 Å². The van der Waals surface area contributed by atoms with E-state index in [4.69, 9.17) is 5.73 Å². The minimum Gasteiger partial charge on any atom is -0.366 e. The minimum absolute atomic E-state index is 0.442. The first-order valence-corrected chi connectivity index (χ1v) is 7.04. The van der Waals surface area contributed by atoms with Gasteiger partial charge in [0.05, 0.1) is 5.69 Å². The number of anilines is 2. The Morgan fingerprint density at radius 1 is 1.13 bits per heavy atom. The van der Waals surface area contributed by atoms with Crippen molar-refractivity contribution in [2.24, 2.45) is 5.73 Å². The Bertz CT molecular complexity index is 849. The molecule has 0 fully saturated rings. The van der Waals surface area contributed by atoms with Crippen molar-refractivity contribution in [2.45, 2.75) is 6.92 Å². The molecule has 2 aromatic heterocycles. The van der Waals surface area contributed by atoms with Crippen molar-refractivity contribution < 1.29 is 4.79 Å². The maximum absolute atomic E-state index is 11.4. The number of hydrogen-bond acceptors (Lipinski definition) is 5. The molecule has 1 aromatic carbocycles. The van der Waals surface area contributed by atoms with Gasteiger partial charge in [0.2, 0.25) is 5.91 Å². The number of carbonyl (C=O) groups is 1. The monoisotopic (exact) mass is 305 g/mol. The van der Waals surface area contributed by atoms with Crippen LogP contribution < -0.4 is 11.1 Å². The topological polar surface area (TPSA) is 93.8 Å². The second-order valence-electron chi connectivity index (χ2n) is 5.01. The summed E-state index contributed by atoms with van der Waals surface area (Å²) in [4.78, 5) is 23.9. The molecule has 0 spiro atoms. The van der Waals surface area contributed by atoms with Crippen LogP contribution in [0.4, 0.5) is 11.5 Å². The van der Waals surface area contributed by atoms with Gasteiger partial charge < -0.3 is 11.1 Å². The van der Waals surface area contributed by atoms with Crippen LogP contribution in [0.25, 0.3) is 11.3 Å². The number of hydrogen-bond donors (Lipinski definition) is 2. The number of pyridine rings is 1. The second-order valence-corrected chi connectivity index (χ2v) is 5.01. The molecule has 3 aromatic rings. The van der Waals surface area contributed by atoms with E-state index in [2.05, 4.69) is 20.3 Å². The van der Waals surface area contributed by atoms with E-state index in [1.165, 1.54) is 6.33 Å². The van der Waals surface area contributed by atoms with Gasteiger partial charge in [-0.25, -0.2) is 15.0 Å². The number of carbonyl (C=O) groups excluding carboxylic acids is 1. The van der Waals surface area contributed by atoms with E-state index in [1.54, 1.807) is 24.5 Å². The summed E-state index contributed by atoms with van der Waals surface area (Å²) >= 11 is 0. The lowest BCUT2D eigenvalue weighted by atomic mass is 10.1. The highest BCUT2D eigenvalue weighted by molar-refractivity contribution is 5.94. The lowest BCUT2D eigenvalue weighted by Crippen LogP contribution is -2.11. The summed E-state index contributed by atoms with van der Waals surface area (Å²) in [5, 5.41) is 3.26. The van der Waals surface area contributed by atoms with Crippen LogP contribution >= 0.6 is 0 Å². The van der Waals surface area contributed by atoms with Gasteiger partial charge in [0.15, 0.2) is 0 Å². The number of benzene rings is 1. The van der Waals surface area contributed by atoms with Gasteiger partial charge in [0.1, 0.15) is 12.1 Å². The number of nitrogens with zero attached hydrogens (tertiary/aromatic N) is 3. The quantitative estimate of drug-likeness (QED) is 0.773. The van der Waals surface area contributed by atoms with Crippen LogP contribution in [0.5, 0.6) is 0 Å². The average Bonchev–Trinajstić information content (AvgIpc) is 2.58. The average molecular weight is 305 g/mol. The Morgan fingerprint density at radius 3 is 2.74 bits per heavy atom. The first-order chi connectivity index (χ1) is 11.1. The standard InChI is InChI=1S/C17H15N5O/c1-11-4-5-12(16(18)23)9-15(11)22-17-13(3-2-7-20-17)14-6-8-19-10-21-14/h2-10H,1H3,(H2,18,23)(H,20,22). The van der Waals surface area contributed by atoms with Gasteiger partial charge in [0, 0.05) is 29.2 Å². The molecule has 0 aliphatic carbocycles. The summed E-state index contributed by atoms with van der Waals surface area (Å²) in [6, 6.07) is 10.8. The van der Waals surface area contributed by atoms with Crippen molar-refractivity contribution in [3.8, 4) is 11.3 Å². The molecule has 0 saturated heterocycles. The summed E-state index contributed by atoms with van der Waals surface area (Å²) in [7, 11) is 0. The second kappa shape index (κ2) is 6.23. The number of rotatable bonds is 4. The first kappa shape index (κ1) is 14.6. The molecular formula is C17H15N5O. The summed E-state index contributed by atoms with van der Waals surface area (Å²) in [5.41, 5.74) is 9.15. The third-order valence-corrected chi connectivity index (χ3v) is 3.44. The van der Waals surface area contributed by atoms with Gasteiger partial charge in [-0.2, -0.15) is 0 Å². The molecular weight excluding hydrogens is 290 g/mol. The largest absolute Gasteiger partial charge is 0.366 e. The summed E-state index contributed by atoms with van der Waals surface area (Å²) in [6.07, 6.45) is 4.86. The fraction of sp³-hybridized carbons (Fsp3) is 0.0588. The SMILES string of the molecule is Cc1ccc(C(N)=O)cc1Nc1ncccc1-c1ccncn1. The van der Waals surface area contributed by atoms with Crippen LogP contribution in [0, 0.1) is 6.92 Å². The highest BCUT2D eigenvalue weighted by Gasteiger charge is 2.10. The summed E-state index contributed by atoms with van der Waals surface area (Å²) < 4.78 is 0.